The lowest BCUT2D eigenvalue weighted by Gasteiger charge is -2.30. The minimum Gasteiger partial charge on any atom is -0.387 e. The highest BCUT2D eigenvalue weighted by Gasteiger charge is 2.19. The van der Waals surface area contributed by atoms with Gasteiger partial charge < -0.3 is 5.11 Å². The zero-order chi connectivity index (χ0) is 16.4. The number of aliphatic hydroxyl groups is 1. The molecule has 1 N–H and O–H groups in total. The third-order valence-corrected chi connectivity index (χ3v) is 5.46. The minimum atomic E-state index is -3.20. The zero-order valence-electron chi connectivity index (χ0n) is 13.1. The molecule has 3 rings (SSSR count). The van der Waals surface area contributed by atoms with Crippen LogP contribution in [0, 0.1) is 0 Å². The molecule has 0 spiro atoms. The number of rotatable bonds is 4. The van der Waals surface area contributed by atoms with E-state index in [9.17, 15) is 13.5 Å². The van der Waals surface area contributed by atoms with Crippen molar-refractivity contribution in [3.05, 3.63) is 65.2 Å². The molecule has 0 bridgehead atoms. The van der Waals surface area contributed by atoms with Crippen LogP contribution in [-0.4, -0.2) is 37.8 Å². The Kier molecular flexibility index (Phi) is 4.53. The Labute approximate surface area is 137 Å². The molecule has 2 aromatic carbocycles. The van der Waals surface area contributed by atoms with Crippen LogP contribution in [-0.2, 0) is 22.8 Å². The number of fused-ring (bicyclic) bond motifs is 1. The second-order valence-corrected chi connectivity index (χ2v) is 8.13. The molecule has 122 valence electrons. The highest BCUT2D eigenvalue weighted by atomic mass is 32.2. The van der Waals surface area contributed by atoms with Crippen LogP contribution in [0.5, 0.6) is 0 Å². The number of benzene rings is 2. The van der Waals surface area contributed by atoms with Gasteiger partial charge in [0.2, 0.25) is 0 Å². The second-order valence-electron chi connectivity index (χ2n) is 6.11. The number of β-amino-alcohol motifs (C(OH)–C–C–N with tert-alkyl or cyclic N) is 1. The van der Waals surface area contributed by atoms with Gasteiger partial charge in [0.15, 0.2) is 9.84 Å². The van der Waals surface area contributed by atoms with Crippen molar-refractivity contribution < 1.29 is 13.5 Å². The molecule has 1 aliphatic heterocycles. The number of hydrogen-bond acceptors (Lipinski definition) is 4. The Hall–Kier alpha value is -1.69. The maximum atomic E-state index is 11.5. The summed E-state index contributed by atoms with van der Waals surface area (Å²) in [5.41, 5.74) is 3.45. The molecule has 0 aliphatic carbocycles. The first-order chi connectivity index (χ1) is 10.9. The molecule has 0 amide bonds. The van der Waals surface area contributed by atoms with E-state index < -0.39 is 15.9 Å². The van der Waals surface area contributed by atoms with Crippen molar-refractivity contribution in [1.82, 2.24) is 4.90 Å². The number of aliphatic hydroxyl groups excluding tert-OH is 1. The second kappa shape index (κ2) is 6.43. The molecule has 23 heavy (non-hydrogen) atoms. The van der Waals surface area contributed by atoms with E-state index in [1.165, 1.54) is 17.4 Å². The Morgan fingerprint density at radius 2 is 1.74 bits per heavy atom. The van der Waals surface area contributed by atoms with E-state index in [0.717, 1.165) is 25.1 Å². The topological polar surface area (TPSA) is 57.6 Å². The normalized spacial score (nSPS) is 16.8. The lowest BCUT2D eigenvalue weighted by Crippen LogP contribution is -2.33. The van der Waals surface area contributed by atoms with Gasteiger partial charge in [-0.1, -0.05) is 36.4 Å². The van der Waals surface area contributed by atoms with Gasteiger partial charge in [0.25, 0.3) is 0 Å². The van der Waals surface area contributed by atoms with Crippen molar-refractivity contribution in [3.8, 4) is 0 Å². The van der Waals surface area contributed by atoms with E-state index in [1.54, 1.807) is 24.3 Å². The van der Waals surface area contributed by atoms with Gasteiger partial charge in [-0.05, 0) is 35.2 Å². The molecule has 0 aromatic heterocycles. The largest absolute Gasteiger partial charge is 0.387 e. The quantitative estimate of drug-likeness (QED) is 0.933. The molecule has 1 atom stereocenters. The van der Waals surface area contributed by atoms with Gasteiger partial charge in [-0.3, -0.25) is 4.90 Å². The van der Waals surface area contributed by atoms with Gasteiger partial charge in [-0.25, -0.2) is 8.42 Å². The third kappa shape index (κ3) is 3.80. The van der Waals surface area contributed by atoms with E-state index in [2.05, 4.69) is 23.1 Å². The molecule has 2 aromatic rings. The van der Waals surface area contributed by atoms with Crippen LogP contribution in [0.2, 0.25) is 0 Å². The molecule has 0 saturated carbocycles. The lowest BCUT2D eigenvalue weighted by molar-refractivity contribution is 0.106. The fraction of sp³-hybridized carbons (Fsp3) is 0.333. The zero-order valence-corrected chi connectivity index (χ0v) is 14.0. The summed E-state index contributed by atoms with van der Waals surface area (Å²) in [4.78, 5) is 2.51. The monoisotopic (exact) mass is 331 g/mol. The van der Waals surface area contributed by atoms with Gasteiger partial charge in [0.1, 0.15) is 0 Å². The van der Waals surface area contributed by atoms with E-state index in [4.69, 9.17) is 0 Å². The van der Waals surface area contributed by atoms with Gasteiger partial charge in [-0.15, -0.1) is 0 Å². The molecule has 0 radical (unpaired) electrons. The van der Waals surface area contributed by atoms with Crippen LogP contribution >= 0.6 is 0 Å². The maximum Gasteiger partial charge on any atom is 0.175 e. The first kappa shape index (κ1) is 16.2. The van der Waals surface area contributed by atoms with Crippen LogP contribution in [0.1, 0.15) is 22.8 Å². The number of nitrogens with zero attached hydrogens (tertiary/aromatic N) is 1. The third-order valence-electron chi connectivity index (χ3n) is 4.33. The maximum absolute atomic E-state index is 11.5. The van der Waals surface area contributed by atoms with Crippen molar-refractivity contribution >= 4 is 9.84 Å². The predicted octanol–water partition coefficient (Wildman–Crippen LogP) is 2.18. The summed E-state index contributed by atoms with van der Waals surface area (Å²) >= 11 is 0. The van der Waals surface area contributed by atoms with Gasteiger partial charge in [-0.2, -0.15) is 0 Å². The Balaban J connectivity index is 1.67. The average Bonchev–Trinajstić information content (AvgIpc) is 2.54. The standard InChI is InChI=1S/C18H21NO3S/c1-23(21,22)17-8-6-15(7-9-17)18(20)13-19-11-10-14-4-2-3-5-16(14)12-19/h2-9,18,20H,10-13H2,1H3/t18-/m0/s1. The fourth-order valence-corrected chi connectivity index (χ4v) is 3.63. The van der Waals surface area contributed by atoms with Crippen molar-refractivity contribution in [2.75, 3.05) is 19.3 Å². The van der Waals surface area contributed by atoms with Crippen molar-refractivity contribution in [3.63, 3.8) is 0 Å². The summed E-state index contributed by atoms with van der Waals surface area (Å²) in [7, 11) is -3.20. The van der Waals surface area contributed by atoms with Gasteiger partial charge in [0.05, 0.1) is 11.0 Å². The molecule has 0 saturated heterocycles. The molecule has 5 heteroatoms. The molecule has 4 nitrogen and oxygen atoms in total. The number of hydrogen-bond donors (Lipinski definition) is 1. The SMILES string of the molecule is CS(=O)(=O)c1ccc([C@@H](O)CN2CCc3ccccc3C2)cc1. The molecule has 0 unspecified atom stereocenters. The summed E-state index contributed by atoms with van der Waals surface area (Å²) in [6, 6.07) is 14.9. The first-order valence-corrected chi connectivity index (χ1v) is 9.60. The first-order valence-electron chi connectivity index (χ1n) is 7.71. The smallest absolute Gasteiger partial charge is 0.175 e. The molecule has 1 aliphatic rings. The summed E-state index contributed by atoms with van der Waals surface area (Å²) in [6.45, 7) is 2.32. The Morgan fingerprint density at radius 3 is 2.39 bits per heavy atom. The minimum absolute atomic E-state index is 0.278. The molecular weight excluding hydrogens is 310 g/mol. The van der Waals surface area contributed by atoms with Gasteiger partial charge >= 0.3 is 0 Å². The highest BCUT2D eigenvalue weighted by Crippen LogP contribution is 2.22. The summed E-state index contributed by atoms with van der Waals surface area (Å²) < 4.78 is 23.0. The van der Waals surface area contributed by atoms with Crippen molar-refractivity contribution in [1.29, 1.82) is 0 Å². The van der Waals surface area contributed by atoms with Crippen LogP contribution in [0.3, 0.4) is 0 Å². The van der Waals surface area contributed by atoms with Crippen molar-refractivity contribution in [2.24, 2.45) is 0 Å². The van der Waals surface area contributed by atoms with Crippen LogP contribution in [0.25, 0.3) is 0 Å². The fourth-order valence-electron chi connectivity index (χ4n) is 3.00. The van der Waals surface area contributed by atoms with Crippen LogP contribution in [0.4, 0.5) is 0 Å². The molecular formula is C18H21NO3S. The summed E-state index contributed by atoms with van der Waals surface area (Å²) in [6.07, 6.45) is 1.56. The Morgan fingerprint density at radius 1 is 1.09 bits per heavy atom. The molecule has 1 heterocycles. The van der Waals surface area contributed by atoms with E-state index >= 15 is 0 Å². The van der Waals surface area contributed by atoms with Crippen LogP contribution in [0.15, 0.2) is 53.4 Å². The number of sulfone groups is 1. The average molecular weight is 331 g/mol. The summed E-state index contributed by atoms with van der Waals surface area (Å²) in [5.74, 6) is 0. The predicted molar refractivity (Wildman–Crippen MR) is 89.9 cm³/mol. The molecule has 0 fully saturated rings. The van der Waals surface area contributed by atoms with E-state index in [1.807, 2.05) is 6.07 Å². The van der Waals surface area contributed by atoms with Crippen LogP contribution < -0.4 is 0 Å². The lowest BCUT2D eigenvalue weighted by atomic mass is 9.99. The van der Waals surface area contributed by atoms with E-state index in [-0.39, 0.29) is 4.90 Å². The highest BCUT2D eigenvalue weighted by molar-refractivity contribution is 7.90. The Bertz CT molecular complexity index is 784. The summed E-state index contributed by atoms with van der Waals surface area (Å²) in [5, 5.41) is 10.4. The van der Waals surface area contributed by atoms with E-state index in [0.29, 0.717) is 6.54 Å². The van der Waals surface area contributed by atoms with Crippen molar-refractivity contribution in [2.45, 2.75) is 24.0 Å². The van der Waals surface area contributed by atoms with Gasteiger partial charge in [0, 0.05) is 25.9 Å².